The second-order valence-corrected chi connectivity index (χ2v) is 8.21. The molecule has 0 amide bonds. The summed E-state index contributed by atoms with van der Waals surface area (Å²) in [5.74, 6) is 6.28. The molecule has 0 radical (unpaired) electrons. The van der Waals surface area contributed by atoms with E-state index in [9.17, 15) is 8.42 Å². The van der Waals surface area contributed by atoms with Crippen molar-refractivity contribution in [3.63, 3.8) is 0 Å². The minimum Gasteiger partial charge on any atom is -0.218 e. The number of benzene rings is 2. The third kappa shape index (κ3) is 6.08. The van der Waals surface area contributed by atoms with Crippen LogP contribution in [0.25, 0.3) is 0 Å². The van der Waals surface area contributed by atoms with E-state index >= 15 is 0 Å². The van der Waals surface area contributed by atoms with Gasteiger partial charge >= 0.3 is 0 Å². The Morgan fingerprint density at radius 1 is 0.885 bits per heavy atom. The molecule has 0 spiro atoms. The second-order valence-electron chi connectivity index (χ2n) is 6.24. The van der Waals surface area contributed by atoms with E-state index in [0.717, 1.165) is 30.4 Å². The number of hydrogen-bond acceptors (Lipinski definition) is 2. The Balaban J connectivity index is 2.00. The fraction of sp³-hybridized carbons (Fsp3) is 0.261. The molecule has 134 valence electrons. The zero-order chi connectivity index (χ0) is 18.8. The zero-order valence-corrected chi connectivity index (χ0v) is 16.1. The highest BCUT2D eigenvalue weighted by molar-refractivity contribution is 7.95. The highest BCUT2D eigenvalue weighted by atomic mass is 32.2. The van der Waals surface area contributed by atoms with Crippen LogP contribution < -0.4 is 0 Å². The van der Waals surface area contributed by atoms with Gasteiger partial charge in [-0.05, 0) is 62.9 Å². The smallest absolute Gasteiger partial charge is 0.210 e. The molecule has 0 unspecified atom stereocenters. The lowest BCUT2D eigenvalue weighted by molar-refractivity contribution is 0.598. The summed E-state index contributed by atoms with van der Waals surface area (Å²) in [5.41, 5.74) is 4.91. The standard InChI is InChI=1S/C23H24O2S/c1-20(2)19-23(26(24,25)22-16-11-6-12-17-22)18-10-4-3-7-13-21-14-8-5-9-15-21/h5-6,8-9,11-12,14-17H,3-4,10,18H2,1-2H3. The molecule has 2 rings (SSSR count). The second kappa shape index (κ2) is 9.82. The van der Waals surface area contributed by atoms with Crippen LogP contribution in [0.5, 0.6) is 0 Å². The first-order valence-electron chi connectivity index (χ1n) is 8.77. The van der Waals surface area contributed by atoms with E-state index in [1.54, 1.807) is 24.3 Å². The van der Waals surface area contributed by atoms with Crippen molar-refractivity contribution < 1.29 is 8.42 Å². The predicted molar refractivity (Wildman–Crippen MR) is 107 cm³/mol. The summed E-state index contributed by atoms with van der Waals surface area (Å²) >= 11 is 0. The zero-order valence-electron chi connectivity index (χ0n) is 15.3. The minimum absolute atomic E-state index is 0.326. The fourth-order valence-electron chi connectivity index (χ4n) is 2.47. The summed E-state index contributed by atoms with van der Waals surface area (Å²) < 4.78 is 25.7. The SMILES string of the molecule is CC(C)=C=C(CCCCC#Cc1ccccc1)S(=O)(=O)c1ccccc1. The van der Waals surface area contributed by atoms with Crippen LogP contribution in [0.2, 0.25) is 0 Å². The highest BCUT2D eigenvalue weighted by Gasteiger charge is 2.19. The fourth-order valence-corrected chi connectivity index (χ4v) is 4.02. The van der Waals surface area contributed by atoms with Crippen LogP contribution in [0.4, 0.5) is 0 Å². The van der Waals surface area contributed by atoms with Crippen molar-refractivity contribution in [2.24, 2.45) is 0 Å². The average molecular weight is 365 g/mol. The molecule has 2 aromatic rings. The van der Waals surface area contributed by atoms with Gasteiger partial charge in [0.15, 0.2) is 0 Å². The lowest BCUT2D eigenvalue weighted by atomic mass is 10.1. The highest BCUT2D eigenvalue weighted by Crippen LogP contribution is 2.23. The Morgan fingerprint density at radius 2 is 1.50 bits per heavy atom. The molecule has 0 atom stereocenters. The Hall–Kier alpha value is -2.53. The first-order chi connectivity index (χ1) is 12.5. The maximum absolute atomic E-state index is 12.8. The van der Waals surface area contributed by atoms with Gasteiger partial charge in [-0.3, -0.25) is 0 Å². The normalized spacial score (nSPS) is 10.4. The Morgan fingerprint density at radius 3 is 2.12 bits per heavy atom. The van der Waals surface area contributed by atoms with Crippen LogP contribution in [0.3, 0.4) is 0 Å². The van der Waals surface area contributed by atoms with Crippen LogP contribution >= 0.6 is 0 Å². The molecule has 0 bridgehead atoms. The largest absolute Gasteiger partial charge is 0.218 e. The van der Waals surface area contributed by atoms with Crippen molar-refractivity contribution in [1.29, 1.82) is 0 Å². The van der Waals surface area contributed by atoms with Crippen molar-refractivity contribution in [2.45, 2.75) is 44.4 Å². The third-order valence-corrected chi connectivity index (χ3v) is 5.58. The van der Waals surface area contributed by atoms with E-state index in [0.29, 0.717) is 16.2 Å². The molecule has 0 aliphatic rings. The molecule has 0 saturated heterocycles. The monoisotopic (exact) mass is 364 g/mol. The van der Waals surface area contributed by atoms with Crippen LogP contribution in [0.15, 0.2) is 81.8 Å². The molecule has 0 aliphatic carbocycles. The maximum atomic E-state index is 12.8. The lowest BCUT2D eigenvalue weighted by Crippen LogP contribution is -2.04. The van der Waals surface area contributed by atoms with Gasteiger partial charge < -0.3 is 0 Å². The molecule has 0 N–H and O–H groups in total. The van der Waals surface area contributed by atoms with E-state index < -0.39 is 9.84 Å². The Kier molecular flexibility index (Phi) is 7.48. The van der Waals surface area contributed by atoms with Crippen molar-refractivity contribution >= 4 is 9.84 Å². The number of unbranched alkanes of at least 4 members (excludes halogenated alkanes) is 2. The molecule has 2 aromatic carbocycles. The Labute approximate surface area is 157 Å². The number of rotatable bonds is 6. The van der Waals surface area contributed by atoms with Gasteiger partial charge in [-0.25, -0.2) is 8.42 Å². The van der Waals surface area contributed by atoms with Gasteiger partial charge in [-0.2, -0.15) is 0 Å². The Bertz CT molecular complexity index is 934. The summed E-state index contributed by atoms with van der Waals surface area (Å²) in [6.45, 7) is 3.73. The van der Waals surface area contributed by atoms with Gasteiger partial charge in [0.05, 0.1) is 9.80 Å². The number of allylic oxidation sites excluding steroid dienone is 1. The summed E-state index contributed by atoms with van der Waals surface area (Å²) in [7, 11) is -3.48. The van der Waals surface area contributed by atoms with Crippen molar-refractivity contribution in [1.82, 2.24) is 0 Å². The van der Waals surface area contributed by atoms with Gasteiger partial charge in [-0.15, -0.1) is 5.73 Å². The minimum atomic E-state index is -3.48. The van der Waals surface area contributed by atoms with Gasteiger partial charge in [0.25, 0.3) is 0 Å². The van der Waals surface area contributed by atoms with Gasteiger partial charge in [-0.1, -0.05) is 48.2 Å². The predicted octanol–water partition coefficient (Wildman–Crippen LogP) is 5.52. The molecular weight excluding hydrogens is 340 g/mol. The molecule has 0 heterocycles. The van der Waals surface area contributed by atoms with E-state index in [2.05, 4.69) is 17.6 Å². The first kappa shape index (κ1) is 19.8. The molecule has 0 aliphatic heterocycles. The van der Waals surface area contributed by atoms with E-state index in [1.807, 2.05) is 50.2 Å². The van der Waals surface area contributed by atoms with Crippen LogP contribution in [0, 0.1) is 11.8 Å². The number of hydrogen-bond donors (Lipinski definition) is 0. The summed E-state index contributed by atoms with van der Waals surface area (Å²) in [5, 5.41) is 0. The van der Waals surface area contributed by atoms with E-state index in [4.69, 9.17) is 0 Å². The van der Waals surface area contributed by atoms with Crippen molar-refractivity contribution in [3.8, 4) is 11.8 Å². The molecule has 2 nitrogen and oxygen atoms in total. The molecule has 0 fully saturated rings. The maximum Gasteiger partial charge on any atom is 0.210 e. The number of sulfone groups is 1. The summed E-state index contributed by atoms with van der Waals surface area (Å²) in [4.78, 5) is 0.687. The van der Waals surface area contributed by atoms with Gasteiger partial charge in [0, 0.05) is 12.0 Å². The van der Waals surface area contributed by atoms with Crippen molar-refractivity contribution in [2.75, 3.05) is 0 Å². The van der Waals surface area contributed by atoms with E-state index in [-0.39, 0.29) is 0 Å². The lowest BCUT2D eigenvalue weighted by Gasteiger charge is -2.07. The molecular formula is C23H24O2S. The molecule has 26 heavy (non-hydrogen) atoms. The molecule has 0 aromatic heterocycles. The average Bonchev–Trinajstić information content (AvgIpc) is 2.64. The summed E-state index contributed by atoms with van der Waals surface area (Å²) in [6.07, 6.45) is 2.86. The van der Waals surface area contributed by atoms with Crippen LogP contribution in [-0.4, -0.2) is 8.42 Å². The molecule has 0 saturated carbocycles. The van der Waals surface area contributed by atoms with E-state index in [1.165, 1.54) is 0 Å². The van der Waals surface area contributed by atoms with Gasteiger partial charge in [0.2, 0.25) is 9.84 Å². The topological polar surface area (TPSA) is 34.1 Å². The molecule has 3 heteroatoms. The quantitative estimate of drug-likeness (QED) is 0.384. The first-order valence-corrected chi connectivity index (χ1v) is 10.3. The van der Waals surface area contributed by atoms with Crippen molar-refractivity contribution in [3.05, 3.63) is 82.4 Å². The van der Waals surface area contributed by atoms with Crippen LogP contribution in [0.1, 0.15) is 45.1 Å². The van der Waals surface area contributed by atoms with Crippen LogP contribution in [-0.2, 0) is 9.84 Å². The van der Waals surface area contributed by atoms with Gasteiger partial charge in [0.1, 0.15) is 0 Å². The third-order valence-electron chi connectivity index (χ3n) is 3.73. The summed E-state index contributed by atoms with van der Waals surface area (Å²) in [6, 6.07) is 18.4.